The molecule has 3 nitrogen and oxygen atoms in total. The summed E-state index contributed by atoms with van der Waals surface area (Å²) in [6.45, 7) is 0. The fraction of sp³-hybridized carbons (Fsp3) is 0.200. The Bertz CT molecular complexity index is 374. The number of halogens is 1. The van der Waals surface area contributed by atoms with Gasteiger partial charge < -0.3 is 4.90 Å². The van der Waals surface area contributed by atoms with Gasteiger partial charge in [-0.05, 0) is 18.2 Å². The average molecular weight is 256 g/mol. The van der Waals surface area contributed by atoms with Crippen LogP contribution in [0.5, 0.6) is 0 Å². The number of benzene rings is 1. The predicted molar refractivity (Wildman–Crippen MR) is 57.5 cm³/mol. The number of hydrogen-bond donors (Lipinski definition) is 0. The number of rotatable bonds is 2. The van der Waals surface area contributed by atoms with Gasteiger partial charge in [0.1, 0.15) is 0 Å². The summed E-state index contributed by atoms with van der Waals surface area (Å²) in [5.41, 5.74) is 0.825. The van der Waals surface area contributed by atoms with Gasteiger partial charge in [0, 0.05) is 24.1 Å². The summed E-state index contributed by atoms with van der Waals surface area (Å²) in [7, 11) is 3.30. The van der Waals surface area contributed by atoms with Crippen molar-refractivity contribution >= 4 is 28.1 Å². The van der Waals surface area contributed by atoms with E-state index in [2.05, 4.69) is 15.9 Å². The van der Waals surface area contributed by atoms with E-state index in [1.165, 1.54) is 4.90 Å². The topological polar surface area (TPSA) is 37.4 Å². The second-order valence-electron chi connectivity index (χ2n) is 3.05. The highest BCUT2D eigenvalue weighted by Gasteiger charge is 2.12. The molecule has 0 unspecified atom stereocenters. The Morgan fingerprint density at radius 1 is 1.43 bits per heavy atom. The molecule has 0 heterocycles. The lowest BCUT2D eigenvalue weighted by atomic mass is 10.1. The molecule has 14 heavy (non-hydrogen) atoms. The maximum Gasteiger partial charge on any atom is 0.254 e. The molecule has 0 saturated carbocycles. The van der Waals surface area contributed by atoms with Crippen LogP contribution in [-0.4, -0.2) is 31.2 Å². The predicted octanol–water partition coefficient (Wildman–Crippen LogP) is 1.96. The van der Waals surface area contributed by atoms with Gasteiger partial charge in [0.05, 0.1) is 5.56 Å². The van der Waals surface area contributed by atoms with Gasteiger partial charge in [0.2, 0.25) is 0 Å². The standard InChI is InChI=1S/C10H10BrNO2/c1-12(2)10(14)9-5-8(11)4-3-7(9)6-13/h3-6H,1-2H3. The summed E-state index contributed by atoms with van der Waals surface area (Å²) in [6.07, 6.45) is 0.684. The molecule has 0 spiro atoms. The number of nitrogens with zero attached hydrogens (tertiary/aromatic N) is 1. The van der Waals surface area contributed by atoms with Crippen LogP contribution in [0, 0.1) is 0 Å². The van der Waals surface area contributed by atoms with E-state index in [4.69, 9.17) is 0 Å². The van der Waals surface area contributed by atoms with Crippen LogP contribution in [-0.2, 0) is 0 Å². The van der Waals surface area contributed by atoms with Gasteiger partial charge in [-0.15, -0.1) is 0 Å². The quantitative estimate of drug-likeness (QED) is 0.758. The largest absolute Gasteiger partial charge is 0.345 e. The van der Waals surface area contributed by atoms with E-state index < -0.39 is 0 Å². The molecule has 0 N–H and O–H groups in total. The molecule has 1 aromatic carbocycles. The van der Waals surface area contributed by atoms with Gasteiger partial charge in [-0.25, -0.2) is 0 Å². The third kappa shape index (κ3) is 2.20. The number of hydrogen-bond acceptors (Lipinski definition) is 2. The summed E-state index contributed by atoms with van der Waals surface area (Å²) >= 11 is 3.26. The molecule has 0 aromatic heterocycles. The molecule has 0 aliphatic heterocycles. The van der Waals surface area contributed by atoms with Gasteiger partial charge in [0.15, 0.2) is 6.29 Å². The van der Waals surface area contributed by atoms with E-state index in [1.807, 2.05) is 0 Å². The fourth-order valence-electron chi connectivity index (χ4n) is 1.06. The highest BCUT2D eigenvalue weighted by Crippen LogP contribution is 2.16. The van der Waals surface area contributed by atoms with Crippen LogP contribution in [0.25, 0.3) is 0 Å². The molecule has 1 rings (SSSR count). The molecule has 1 amide bonds. The van der Waals surface area contributed by atoms with E-state index in [9.17, 15) is 9.59 Å². The first-order chi connectivity index (χ1) is 6.56. The van der Waals surface area contributed by atoms with E-state index in [0.29, 0.717) is 17.4 Å². The number of aldehydes is 1. The maximum absolute atomic E-state index is 11.6. The molecule has 0 fully saturated rings. The Balaban J connectivity index is 3.23. The van der Waals surface area contributed by atoms with E-state index in [0.717, 1.165) is 4.47 Å². The molecule has 0 saturated heterocycles. The minimum absolute atomic E-state index is 0.173. The highest BCUT2D eigenvalue weighted by atomic mass is 79.9. The van der Waals surface area contributed by atoms with E-state index >= 15 is 0 Å². The third-order valence-electron chi connectivity index (χ3n) is 1.78. The molecule has 0 aliphatic carbocycles. The Labute approximate surface area is 90.8 Å². The second-order valence-corrected chi connectivity index (χ2v) is 3.96. The zero-order valence-electron chi connectivity index (χ0n) is 7.95. The summed E-state index contributed by atoms with van der Waals surface area (Å²) < 4.78 is 0.785. The van der Waals surface area contributed by atoms with Gasteiger partial charge >= 0.3 is 0 Å². The van der Waals surface area contributed by atoms with Crippen molar-refractivity contribution in [1.29, 1.82) is 0 Å². The second kappa shape index (κ2) is 4.37. The number of carbonyl (C=O) groups is 2. The molecule has 1 aromatic rings. The monoisotopic (exact) mass is 255 g/mol. The Morgan fingerprint density at radius 2 is 2.07 bits per heavy atom. The first-order valence-electron chi connectivity index (χ1n) is 4.02. The Morgan fingerprint density at radius 3 is 2.57 bits per heavy atom. The molecular formula is C10H10BrNO2. The zero-order valence-corrected chi connectivity index (χ0v) is 9.54. The molecular weight excluding hydrogens is 246 g/mol. The molecule has 0 atom stereocenters. The van der Waals surface area contributed by atoms with Crippen molar-refractivity contribution in [3.8, 4) is 0 Å². The number of amides is 1. The summed E-state index contributed by atoms with van der Waals surface area (Å²) in [5.74, 6) is -0.173. The van der Waals surface area contributed by atoms with Crippen molar-refractivity contribution in [3.05, 3.63) is 33.8 Å². The van der Waals surface area contributed by atoms with Crippen molar-refractivity contribution in [2.45, 2.75) is 0 Å². The van der Waals surface area contributed by atoms with Crippen molar-refractivity contribution in [1.82, 2.24) is 4.90 Å². The van der Waals surface area contributed by atoms with Crippen molar-refractivity contribution < 1.29 is 9.59 Å². The van der Waals surface area contributed by atoms with Crippen molar-refractivity contribution in [2.24, 2.45) is 0 Å². The van der Waals surface area contributed by atoms with Gasteiger partial charge in [-0.3, -0.25) is 9.59 Å². The molecule has 74 valence electrons. The first-order valence-corrected chi connectivity index (χ1v) is 4.82. The summed E-state index contributed by atoms with van der Waals surface area (Å²) in [4.78, 5) is 23.7. The van der Waals surface area contributed by atoms with Crippen molar-refractivity contribution in [2.75, 3.05) is 14.1 Å². The van der Waals surface area contributed by atoms with Crippen molar-refractivity contribution in [3.63, 3.8) is 0 Å². The van der Waals surface area contributed by atoms with Crippen LogP contribution < -0.4 is 0 Å². The molecule has 0 bridgehead atoms. The molecule has 4 heteroatoms. The molecule has 0 radical (unpaired) electrons. The Kier molecular flexibility index (Phi) is 3.41. The lowest BCUT2D eigenvalue weighted by molar-refractivity contribution is 0.0824. The SMILES string of the molecule is CN(C)C(=O)c1cc(Br)ccc1C=O. The third-order valence-corrected chi connectivity index (χ3v) is 2.27. The summed E-state index contributed by atoms with van der Waals surface area (Å²) in [6, 6.07) is 5.00. The van der Waals surface area contributed by atoms with Crippen LogP contribution in [0.4, 0.5) is 0 Å². The van der Waals surface area contributed by atoms with Gasteiger partial charge in [0.25, 0.3) is 5.91 Å². The summed E-state index contributed by atoms with van der Waals surface area (Å²) in [5, 5.41) is 0. The minimum Gasteiger partial charge on any atom is -0.345 e. The van der Waals surface area contributed by atoms with Crippen LogP contribution in [0.2, 0.25) is 0 Å². The lowest BCUT2D eigenvalue weighted by Crippen LogP contribution is -2.22. The number of carbonyl (C=O) groups excluding carboxylic acids is 2. The van der Waals surface area contributed by atoms with E-state index in [1.54, 1.807) is 32.3 Å². The first kappa shape index (κ1) is 10.9. The minimum atomic E-state index is -0.173. The van der Waals surface area contributed by atoms with Crippen LogP contribution in [0.15, 0.2) is 22.7 Å². The van der Waals surface area contributed by atoms with Gasteiger partial charge in [-0.1, -0.05) is 15.9 Å². The highest BCUT2D eigenvalue weighted by molar-refractivity contribution is 9.10. The maximum atomic E-state index is 11.6. The zero-order chi connectivity index (χ0) is 10.7. The average Bonchev–Trinajstić information content (AvgIpc) is 2.16. The Hall–Kier alpha value is -1.16. The lowest BCUT2D eigenvalue weighted by Gasteiger charge is -2.11. The van der Waals surface area contributed by atoms with Crippen LogP contribution >= 0.6 is 15.9 Å². The van der Waals surface area contributed by atoms with E-state index in [-0.39, 0.29) is 5.91 Å². The smallest absolute Gasteiger partial charge is 0.254 e. The molecule has 0 aliphatic rings. The van der Waals surface area contributed by atoms with Gasteiger partial charge in [-0.2, -0.15) is 0 Å². The fourth-order valence-corrected chi connectivity index (χ4v) is 1.42. The normalized spacial score (nSPS) is 9.64. The van der Waals surface area contributed by atoms with Crippen LogP contribution in [0.3, 0.4) is 0 Å². The van der Waals surface area contributed by atoms with Crippen LogP contribution in [0.1, 0.15) is 20.7 Å².